The van der Waals surface area contributed by atoms with Gasteiger partial charge in [-0.3, -0.25) is 9.69 Å². The third-order valence-corrected chi connectivity index (χ3v) is 7.43. The molecule has 1 spiro atoms. The lowest BCUT2D eigenvalue weighted by atomic mass is 9.60. The maximum Gasteiger partial charge on any atom is 0.335 e. The van der Waals surface area contributed by atoms with Crippen LogP contribution in [0.3, 0.4) is 0 Å². The van der Waals surface area contributed by atoms with Crippen LogP contribution in [0.15, 0.2) is 33.9 Å². The van der Waals surface area contributed by atoms with Crippen molar-refractivity contribution in [2.24, 2.45) is 11.8 Å². The van der Waals surface area contributed by atoms with Crippen LogP contribution >= 0.6 is 15.9 Å². The van der Waals surface area contributed by atoms with Crippen molar-refractivity contribution < 1.29 is 14.3 Å². The number of hydrogen-bond donors (Lipinski definition) is 1. The average molecular weight is 417 g/mol. The summed E-state index contributed by atoms with van der Waals surface area (Å²) in [5, 5.41) is 3.56. The second-order valence-electron chi connectivity index (χ2n) is 7.89. The molecule has 0 saturated carbocycles. The lowest BCUT2D eigenvalue weighted by Gasteiger charge is -2.50. The van der Waals surface area contributed by atoms with E-state index in [4.69, 9.17) is 4.74 Å². The largest absolute Gasteiger partial charge is 0.466 e. The van der Waals surface area contributed by atoms with Gasteiger partial charge in [0.15, 0.2) is 0 Å². The first-order valence-electron chi connectivity index (χ1n) is 9.12. The molecule has 2 fully saturated rings. The molecule has 1 N–H and O–H groups in total. The van der Waals surface area contributed by atoms with Crippen LogP contribution in [0.4, 0.5) is 5.69 Å². The van der Waals surface area contributed by atoms with Gasteiger partial charge in [-0.1, -0.05) is 15.9 Å². The molecule has 0 radical (unpaired) electrons. The number of hydrogen-bond acceptors (Lipinski definition) is 5. The summed E-state index contributed by atoms with van der Waals surface area (Å²) in [7, 11) is 1.43. The first kappa shape index (κ1) is 16.5. The number of benzene rings is 1. The van der Waals surface area contributed by atoms with E-state index >= 15 is 0 Å². The molecule has 6 heteroatoms. The van der Waals surface area contributed by atoms with Crippen LogP contribution in [0.1, 0.15) is 25.3 Å². The second kappa shape index (κ2) is 5.42. The first-order valence-corrected chi connectivity index (χ1v) is 9.91. The number of methoxy groups -OCH3 is 1. The van der Waals surface area contributed by atoms with Gasteiger partial charge in [-0.2, -0.15) is 0 Å². The van der Waals surface area contributed by atoms with E-state index in [1.807, 2.05) is 6.07 Å². The van der Waals surface area contributed by atoms with Crippen molar-refractivity contribution >= 4 is 33.4 Å². The second-order valence-corrected chi connectivity index (χ2v) is 8.80. The molecular formula is C20H21BrN2O3. The molecule has 26 heavy (non-hydrogen) atoms. The minimum Gasteiger partial charge on any atom is -0.466 e. The number of nitrogens with zero attached hydrogens (tertiary/aromatic N) is 1. The minimum atomic E-state index is -0.297. The number of halogens is 1. The minimum absolute atomic E-state index is 0.0623. The van der Waals surface area contributed by atoms with E-state index in [1.54, 1.807) is 6.92 Å². The predicted octanol–water partition coefficient (Wildman–Crippen LogP) is 2.85. The summed E-state index contributed by atoms with van der Waals surface area (Å²) in [4.78, 5) is 27.6. The summed E-state index contributed by atoms with van der Waals surface area (Å²) in [5.41, 5.74) is 3.81. The zero-order chi connectivity index (χ0) is 18.2. The maximum atomic E-state index is 12.8. The summed E-state index contributed by atoms with van der Waals surface area (Å²) in [6.07, 6.45) is 1.80. The molecule has 1 aromatic rings. The number of ether oxygens (including phenoxy) is 1. The zero-order valence-electron chi connectivity index (χ0n) is 14.8. The van der Waals surface area contributed by atoms with Crippen molar-refractivity contribution in [2.75, 3.05) is 25.5 Å². The molecule has 4 atom stereocenters. The number of fused-ring (bicyclic) bond motifs is 2. The highest BCUT2D eigenvalue weighted by molar-refractivity contribution is 9.10. The highest BCUT2D eigenvalue weighted by Crippen LogP contribution is 2.61. The van der Waals surface area contributed by atoms with Gasteiger partial charge in [-0.15, -0.1) is 0 Å². The first-order chi connectivity index (χ1) is 12.5. The van der Waals surface area contributed by atoms with E-state index in [0.29, 0.717) is 11.6 Å². The van der Waals surface area contributed by atoms with E-state index in [-0.39, 0.29) is 29.0 Å². The zero-order valence-corrected chi connectivity index (χ0v) is 16.4. The number of carbonyl (C=O) groups is 2. The Bertz CT molecular complexity index is 880. The van der Waals surface area contributed by atoms with E-state index in [2.05, 4.69) is 38.3 Å². The fraction of sp³-hybridized carbons (Fsp3) is 0.500. The third kappa shape index (κ3) is 1.89. The van der Waals surface area contributed by atoms with Crippen molar-refractivity contribution in [3.63, 3.8) is 0 Å². The van der Waals surface area contributed by atoms with Crippen LogP contribution in [-0.2, 0) is 19.7 Å². The summed E-state index contributed by atoms with van der Waals surface area (Å²) in [5.74, 6) is -0.337. The van der Waals surface area contributed by atoms with Gasteiger partial charge in [0.2, 0.25) is 0 Å². The number of anilines is 1. The molecule has 2 bridgehead atoms. The molecule has 2 saturated heterocycles. The lowest BCUT2D eigenvalue weighted by Crippen LogP contribution is -2.56. The molecule has 5 rings (SSSR count). The monoisotopic (exact) mass is 416 g/mol. The van der Waals surface area contributed by atoms with Crippen LogP contribution in [0.25, 0.3) is 0 Å². The Hall–Kier alpha value is -1.66. The molecular weight excluding hydrogens is 396 g/mol. The normalized spacial score (nSPS) is 34.2. The van der Waals surface area contributed by atoms with Crippen molar-refractivity contribution in [2.45, 2.75) is 31.2 Å². The number of ketones is 1. The van der Waals surface area contributed by atoms with Gasteiger partial charge < -0.3 is 10.1 Å². The van der Waals surface area contributed by atoms with Crippen LogP contribution in [0.5, 0.6) is 0 Å². The van der Waals surface area contributed by atoms with E-state index in [1.165, 1.54) is 12.7 Å². The fourth-order valence-corrected chi connectivity index (χ4v) is 6.24. The third-order valence-electron chi connectivity index (χ3n) is 6.93. The molecule has 136 valence electrons. The molecule has 1 aromatic carbocycles. The van der Waals surface area contributed by atoms with Gasteiger partial charge in [-0.25, -0.2) is 4.79 Å². The van der Waals surface area contributed by atoms with Gasteiger partial charge in [0, 0.05) is 40.3 Å². The van der Waals surface area contributed by atoms with Crippen LogP contribution in [0, 0.1) is 11.8 Å². The smallest absolute Gasteiger partial charge is 0.335 e. The lowest BCUT2D eigenvalue weighted by molar-refractivity contribution is -0.138. The van der Waals surface area contributed by atoms with Crippen molar-refractivity contribution in [1.82, 2.24) is 4.90 Å². The molecule has 1 aliphatic carbocycles. The molecule has 0 amide bonds. The highest BCUT2D eigenvalue weighted by atomic mass is 79.9. The Morgan fingerprint density at radius 1 is 1.38 bits per heavy atom. The number of Topliss-reactive ketones (excluding diaryl/α,β-unsaturated/α-hetero) is 1. The number of rotatable bonds is 2. The standard InChI is InChI=1S/C20H21BrN2O3/c1-10(24)13-9-23-6-5-20-14-7-11(21)3-4-15(14)22-18(20)17(19(25)26-2)12(13)8-16(20)23/h3-4,7,12-13,16,22H,5-6,8-9H2,1-2H3/t12?,13?,16-,20+/m0/s1. The Kier molecular flexibility index (Phi) is 3.44. The highest BCUT2D eigenvalue weighted by Gasteiger charge is 2.63. The fourth-order valence-electron chi connectivity index (χ4n) is 5.88. The summed E-state index contributed by atoms with van der Waals surface area (Å²) < 4.78 is 6.22. The van der Waals surface area contributed by atoms with Crippen molar-refractivity contribution in [3.8, 4) is 0 Å². The molecule has 0 aromatic heterocycles. The molecule has 3 aliphatic heterocycles. The maximum absolute atomic E-state index is 12.8. The van der Waals surface area contributed by atoms with E-state index in [9.17, 15) is 9.59 Å². The topological polar surface area (TPSA) is 58.6 Å². The van der Waals surface area contributed by atoms with Gasteiger partial charge in [0.05, 0.1) is 18.1 Å². The molecule has 5 nitrogen and oxygen atoms in total. The Balaban J connectivity index is 1.79. The summed E-state index contributed by atoms with van der Waals surface area (Å²) in [6, 6.07) is 6.61. The van der Waals surface area contributed by atoms with E-state index < -0.39 is 0 Å². The molecule has 4 aliphatic rings. The van der Waals surface area contributed by atoms with Crippen LogP contribution < -0.4 is 5.32 Å². The van der Waals surface area contributed by atoms with Gasteiger partial charge in [0.25, 0.3) is 0 Å². The predicted molar refractivity (Wildman–Crippen MR) is 101 cm³/mol. The quantitative estimate of drug-likeness (QED) is 0.751. The van der Waals surface area contributed by atoms with E-state index in [0.717, 1.165) is 41.8 Å². The van der Waals surface area contributed by atoms with Gasteiger partial charge in [-0.05, 0) is 50.1 Å². The number of carbonyl (C=O) groups excluding carboxylic acids is 2. The molecule has 2 unspecified atom stereocenters. The van der Waals surface area contributed by atoms with Gasteiger partial charge >= 0.3 is 5.97 Å². The van der Waals surface area contributed by atoms with Crippen LogP contribution in [0.2, 0.25) is 0 Å². The number of esters is 1. The molecule has 3 heterocycles. The van der Waals surface area contributed by atoms with Crippen molar-refractivity contribution in [3.05, 3.63) is 39.5 Å². The average Bonchev–Trinajstić information content (AvgIpc) is 3.17. The Morgan fingerprint density at radius 3 is 2.92 bits per heavy atom. The van der Waals surface area contributed by atoms with Crippen LogP contribution in [-0.4, -0.2) is 42.9 Å². The van der Waals surface area contributed by atoms with Crippen molar-refractivity contribution in [1.29, 1.82) is 0 Å². The van der Waals surface area contributed by atoms with Gasteiger partial charge in [0.1, 0.15) is 5.78 Å². The number of piperidine rings is 1. The number of nitrogens with one attached hydrogen (secondary N) is 1. The Morgan fingerprint density at radius 2 is 2.19 bits per heavy atom. The Labute approximate surface area is 160 Å². The summed E-state index contributed by atoms with van der Waals surface area (Å²) in [6.45, 7) is 3.34. The summed E-state index contributed by atoms with van der Waals surface area (Å²) >= 11 is 3.61. The SMILES string of the molecule is COC(=O)C1=C2Nc3ccc(Br)cc3[C@@]23CCN2CC(C(C)=O)C1C[C@H]23.